The first kappa shape index (κ1) is 14.3. The molecule has 0 unspecified atom stereocenters. The molecule has 2 rings (SSSR count). The van der Waals surface area contributed by atoms with E-state index in [0.29, 0.717) is 11.3 Å². The maximum atomic E-state index is 12.0. The van der Waals surface area contributed by atoms with Crippen LogP contribution in [0, 0.1) is 12.3 Å². The van der Waals surface area contributed by atoms with Crippen LogP contribution in [0.1, 0.15) is 26.4 Å². The minimum absolute atomic E-state index is 0.189. The normalized spacial score (nSPS) is 9.52. The van der Waals surface area contributed by atoms with Gasteiger partial charge < -0.3 is 10.1 Å². The lowest BCUT2D eigenvalue weighted by atomic mass is 10.2. The van der Waals surface area contributed by atoms with Gasteiger partial charge in [0.15, 0.2) is 0 Å². The van der Waals surface area contributed by atoms with Crippen molar-refractivity contribution in [1.29, 1.82) is 0 Å². The number of nitrogens with one attached hydrogen (secondary N) is 1. The molecule has 1 amide bonds. The molecule has 2 aromatic rings. The second kappa shape index (κ2) is 6.35. The van der Waals surface area contributed by atoms with Crippen LogP contribution < -0.4 is 5.32 Å². The second-order valence-corrected chi connectivity index (χ2v) is 4.10. The van der Waals surface area contributed by atoms with Crippen molar-refractivity contribution >= 4 is 17.6 Å². The Morgan fingerprint density at radius 3 is 2.71 bits per heavy atom. The van der Waals surface area contributed by atoms with E-state index in [9.17, 15) is 9.59 Å². The summed E-state index contributed by atoms with van der Waals surface area (Å²) in [6.45, 7) is 0. The zero-order valence-corrected chi connectivity index (χ0v) is 11.3. The Kier molecular flexibility index (Phi) is 4.32. The summed E-state index contributed by atoms with van der Waals surface area (Å²) in [5.41, 5.74) is 1.72. The molecule has 0 saturated carbocycles. The predicted molar refractivity (Wildman–Crippen MR) is 77.9 cm³/mol. The number of methoxy groups -OCH3 is 1. The van der Waals surface area contributed by atoms with Crippen molar-refractivity contribution in [3.63, 3.8) is 0 Å². The Bertz CT molecular complexity index is 715. The number of amides is 1. The van der Waals surface area contributed by atoms with E-state index in [1.54, 1.807) is 24.3 Å². The lowest BCUT2D eigenvalue weighted by Gasteiger charge is -2.05. The van der Waals surface area contributed by atoms with Crippen molar-refractivity contribution in [3.05, 3.63) is 59.4 Å². The first-order valence-corrected chi connectivity index (χ1v) is 6.06. The minimum Gasteiger partial charge on any atom is -0.465 e. The highest BCUT2D eigenvalue weighted by Crippen LogP contribution is 2.11. The Morgan fingerprint density at radius 1 is 1.29 bits per heavy atom. The molecule has 1 heterocycles. The van der Waals surface area contributed by atoms with E-state index in [0.717, 1.165) is 0 Å². The van der Waals surface area contributed by atoms with E-state index < -0.39 is 5.97 Å². The van der Waals surface area contributed by atoms with Gasteiger partial charge in [-0.2, -0.15) is 0 Å². The SMILES string of the molecule is C#Cc1cccc(NC(=O)c2ccc(C(=O)OC)cn2)c1. The molecule has 1 N–H and O–H groups in total. The zero-order chi connectivity index (χ0) is 15.2. The van der Waals surface area contributed by atoms with Gasteiger partial charge in [-0.1, -0.05) is 12.0 Å². The largest absolute Gasteiger partial charge is 0.465 e. The van der Waals surface area contributed by atoms with Gasteiger partial charge in [-0.25, -0.2) is 4.79 Å². The molecule has 5 heteroatoms. The monoisotopic (exact) mass is 280 g/mol. The summed E-state index contributed by atoms with van der Waals surface area (Å²) in [6.07, 6.45) is 6.59. The Hall–Kier alpha value is -3.13. The van der Waals surface area contributed by atoms with Crippen LogP contribution >= 0.6 is 0 Å². The number of pyridine rings is 1. The number of aromatic nitrogens is 1. The molecule has 0 bridgehead atoms. The fourth-order valence-corrected chi connectivity index (χ4v) is 1.65. The number of anilines is 1. The number of carbonyl (C=O) groups is 2. The molecule has 0 spiro atoms. The number of terminal acetylenes is 1. The van der Waals surface area contributed by atoms with Crippen molar-refractivity contribution in [2.75, 3.05) is 12.4 Å². The van der Waals surface area contributed by atoms with Gasteiger partial charge in [-0.15, -0.1) is 6.42 Å². The van der Waals surface area contributed by atoms with Gasteiger partial charge in [0.25, 0.3) is 5.91 Å². The summed E-state index contributed by atoms with van der Waals surface area (Å²) in [4.78, 5) is 27.2. The number of benzene rings is 1. The van der Waals surface area contributed by atoms with Crippen molar-refractivity contribution in [1.82, 2.24) is 4.98 Å². The highest BCUT2D eigenvalue weighted by molar-refractivity contribution is 6.03. The highest BCUT2D eigenvalue weighted by atomic mass is 16.5. The molecule has 0 aliphatic heterocycles. The maximum absolute atomic E-state index is 12.0. The summed E-state index contributed by atoms with van der Waals surface area (Å²) in [5, 5.41) is 2.68. The second-order valence-electron chi connectivity index (χ2n) is 4.10. The third-order valence-corrected chi connectivity index (χ3v) is 2.70. The number of rotatable bonds is 3. The molecule has 0 aliphatic carbocycles. The first-order chi connectivity index (χ1) is 10.1. The van der Waals surface area contributed by atoms with Crippen LogP contribution in [0.4, 0.5) is 5.69 Å². The molecule has 0 radical (unpaired) electrons. The van der Waals surface area contributed by atoms with Crippen LogP contribution in [-0.2, 0) is 4.74 Å². The molecule has 21 heavy (non-hydrogen) atoms. The Morgan fingerprint density at radius 2 is 2.10 bits per heavy atom. The van der Waals surface area contributed by atoms with Crippen LogP contribution in [-0.4, -0.2) is 24.0 Å². The molecule has 0 aliphatic rings. The van der Waals surface area contributed by atoms with E-state index in [1.165, 1.54) is 25.4 Å². The molecular weight excluding hydrogens is 268 g/mol. The molecule has 0 atom stereocenters. The third kappa shape index (κ3) is 3.45. The number of ether oxygens (including phenoxy) is 1. The van der Waals surface area contributed by atoms with Crippen LogP contribution in [0.5, 0.6) is 0 Å². The van der Waals surface area contributed by atoms with Gasteiger partial charge in [-0.3, -0.25) is 9.78 Å². The molecule has 104 valence electrons. The molecule has 1 aromatic heterocycles. The fourth-order valence-electron chi connectivity index (χ4n) is 1.65. The van der Waals surface area contributed by atoms with Crippen molar-refractivity contribution < 1.29 is 14.3 Å². The summed E-state index contributed by atoms with van der Waals surface area (Å²) in [5.74, 6) is 1.60. The minimum atomic E-state index is -0.504. The summed E-state index contributed by atoms with van der Waals surface area (Å²) in [7, 11) is 1.28. The Balaban J connectivity index is 2.13. The van der Waals surface area contributed by atoms with E-state index in [2.05, 4.69) is 21.0 Å². The van der Waals surface area contributed by atoms with Crippen molar-refractivity contribution in [2.45, 2.75) is 0 Å². The van der Waals surface area contributed by atoms with Gasteiger partial charge in [0.05, 0.1) is 12.7 Å². The number of hydrogen-bond acceptors (Lipinski definition) is 4. The van der Waals surface area contributed by atoms with Gasteiger partial charge in [-0.05, 0) is 30.3 Å². The summed E-state index contributed by atoms with van der Waals surface area (Å²) in [6, 6.07) is 9.85. The number of esters is 1. The van der Waals surface area contributed by atoms with Gasteiger partial charge in [0.2, 0.25) is 0 Å². The van der Waals surface area contributed by atoms with Crippen LogP contribution in [0.3, 0.4) is 0 Å². The number of nitrogens with zero attached hydrogens (tertiary/aromatic N) is 1. The standard InChI is InChI=1S/C16H12N2O3/c1-3-11-5-4-6-13(9-11)18-15(19)14-8-7-12(10-17-14)16(20)21-2/h1,4-10H,2H3,(H,18,19). The molecular formula is C16H12N2O3. The summed E-state index contributed by atoms with van der Waals surface area (Å²) >= 11 is 0. The Labute approximate surface area is 122 Å². The van der Waals surface area contributed by atoms with Crippen molar-refractivity contribution in [2.24, 2.45) is 0 Å². The number of hydrogen-bond donors (Lipinski definition) is 1. The molecule has 5 nitrogen and oxygen atoms in total. The van der Waals surface area contributed by atoms with E-state index in [4.69, 9.17) is 6.42 Å². The van der Waals surface area contributed by atoms with Gasteiger partial charge in [0, 0.05) is 17.4 Å². The highest BCUT2D eigenvalue weighted by Gasteiger charge is 2.10. The topological polar surface area (TPSA) is 68.3 Å². The molecule has 1 aromatic carbocycles. The lowest BCUT2D eigenvalue weighted by Crippen LogP contribution is -2.14. The van der Waals surface area contributed by atoms with E-state index >= 15 is 0 Å². The predicted octanol–water partition coefficient (Wildman–Crippen LogP) is 2.10. The van der Waals surface area contributed by atoms with Gasteiger partial charge >= 0.3 is 5.97 Å². The van der Waals surface area contributed by atoms with Gasteiger partial charge in [0.1, 0.15) is 5.69 Å². The lowest BCUT2D eigenvalue weighted by molar-refractivity contribution is 0.0600. The molecule has 0 saturated heterocycles. The fraction of sp³-hybridized carbons (Fsp3) is 0.0625. The summed E-state index contributed by atoms with van der Waals surface area (Å²) < 4.78 is 4.56. The number of carbonyl (C=O) groups excluding carboxylic acids is 2. The quantitative estimate of drug-likeness (QED) is 0.690. The zero-order valence-electron chi connectivity index (χ0n) is 11.3. The average molecular weight is 280 g/mol. The van der Waals surface area contributed by atoms with E-state index in [-0.39, 0.29) is 17.2 Å². The van der Waals surface area contributed by atoms with E-state index in [1.807, 2.05) is 0 Å². The van der Waals surface area contributed by atoms with Crippen LogP contribution in [0.2, 0.25) is 0 Å². The smallest absolute Gasteiger partial charge is 0.339 e. The molecule has 0 fully saturated rings. The van der Waals surface area contributed by atoms with Crippen molar-refractivity contribution in [3.8, 4) is 12.3 Å². The first-order valence-electron chi connectivity index (χ1n) is 6.06. The maximum Gasteiger partial charge on any atom is 0.339 e. The van der Waals surface area contributed by atoms with Crippen LogP contribution in [0.15, 0.2) is 42.6 Å². The average Bonchev–Trinajstić information content (AvgIpc) is 2.54. The third-order valence-electron chi connectivity index (χ3n) is 2.70. The van der Waals surface area contributed by atoms with Crippen LogP contribution in [0.25, 0.3) is 0 Å².